The number of carbonyl (C=O) groups excluding carboxylic acids is 2. The Bertz CT molecular complexity index is 700. The maximum atomic E-state index is 12.8. The van der Waals surface area contributed by atoms with Gasteiger partial charge in [0.1, 0.15) is 6.61 Å². The largest absolute Gasteiger partial charge is 0.447 e. The third-order valence-electron chi connectivity index (χ3n) is 6.62. The van der Waals surface area contributed by atoms with Crippen LogP contribution in [0.4, 0.5) is 4.79 Å². The van der Waals surface area contributed by atoms with Crippen molar-refractivity contribution in [3.63, 3.8) is 0 Å². The number of rotatable bonds is 7. The molecule has 0 bridgehead atoms. The van der Waals surface area contributed by atoms with Crippen molar-refractivity contribution < 1.29 is 14.3 Å². The van der Waals surface area contributed by atoms with Crippen LogP contribution in [0.25, 0.3) is 0 Å². The quantitative estimate of drug-likeness (QED) is 0.731. The van der Waals surface area contributed by atoms with Crippen molar-refractivity contribution in [2.24, 2.45) is 5.92 Å². The van der Waals surface area contributed by atoms with Gasteiger partial charge in [-0.2, -0.15) is 0 Å². The summed E-state index contributed by atoms with van der Waals surface area (Å²) in [6.07, 6.45) is 2.93. The van der Waals surface area contributed by atoms with E-state index in [9.17, 15) is 9.59 Å². The Kier molecular flexibility index (Phi) is 7.36. The number of piperazine rings is 1. The van der Waals surface area contributed by atoms with E-state index in [-0.39, 0.29) is 18.6 Å². The van der Waals surface area contributed by atoms with Gasteiger partial charge in [0.2, 0.25) is 5.91 Å². The average Bonchev–Trinajstić information content (AvgIpc) is 3.14. The minimum Gasteiger partial charge on any atom is -0.447 e. The van der Waals surface area contributed by atoms with Gasteiger partial charge >= 0.3 is 6.09 Å². The summed E-state index contributed by atoms with van der Waals surface area (Å²) in [5, 5.41) is 3.41. The van der Waals surface area contributed by atoms with Crippen molar-refractivity contribution in [2.75, 3.05) is 59.0 Å². The summed E-state index contributed by atoms with van der Waals surface area (Å²) >= 11 is 0. The molecule has 3 aliphatic rings. The van der Waals surface area contributed by atoms with Gasteiger partial charge in [0, 0.05) is 45.7 Å². The van der Waals surface area contributed by atoms with E-state index in [0.29, 0.717) is 12.8 Å². The smallest absolute Gasteiger partial charge is 0.416 e. The maximum Gasteiger partial charge on any atom is 0.416 e. The number of hydrogen-bond donors (Lipinski definition) is 1. The van der Waals surface area contributed by atoms with Gasteiger partial charge in [-0.15, -0.1) is 0 Å². The summed E-state index contributed by atoms with van der Waals surface area (Å²) in [4.78, 5) is 31.3. The Hall–Kier alpha value is -1.96. The molecule has 30 heavy (non-hydrogen) atoms. The van der Waals surface area contributed by atoms with E-state index in [1.54, 1.807) is 0 Å². The molecule has 2 amide bonds. The van der Waals surface area contributed by atoms with Crippen molar-refractivity contribution in [3.05, 3.63) is 35.9 Å². The molecule has 3 saturated heterocycles. The molecule has 0 aromatic heterocycles. The zero-order valence-electron chi connectivity index (χ0n) is 17.8. The average molecular weight is 415 g/mol. The third-order valence-corrected chi connectivity index (χ3v) is 6.62. The molecule has 1 unspecified atom stereocenters. The first-order valence-corrected chi connectivity index (χ1v) is 11.4. The van der Waals surface area contributed by atoms with Crippen LogP contribution in [0.3, 0.4) is 0 Å². The summed E-state index contributed by atoms with van der Waals surface area (Å²) in [6.45, 7) is 8.82. The van der Waals surface area contributed by atoms with Gasteiger partial charge in [0.25, 0.3) is 0 Å². The van der Waals surface area contributed by atoms with Crippen molar-refractivity contribution in [3.8, 4) is 0 Å². The number of imide groups is 1. The normalized spacial score (nSPS) is 24.2. The van der Waals surface area contributed by atoms with Gasteiger partial charge < -0.3 is 19.9 Å². The second-order valence-electron chi connectivity index (χ2n) is 8.77. The second-order valence-corrected chi connectivity index (χ2v) is 8.77. The molecule has 0 aliphatic carbocycles. The fraction of sp³-hybridized carbons (Fsp3) is 0.652. The Balaban J connectivity index is 1.20. The van der Waals surface area contributed by atoms with E-state index in [4.69, 9.17) is 4.74 Å². The van der Waals surface area contributed by atoms with Crippen molar-refractivity contribution in [1.29, 1.82) is 0 Å². The van der Waals surface area contributed by atoms with Crippen LogP contribution in [0.2, 0.25) is 0 Å². The van der Waals surface area contributed by atoms with E-state index < -0.39 is 6.09 Å². The molecule has 4 rings (SSSR count). The van der Waals surface area contributed by atoms with Crippen LogP contribution < -0.4 is 5.32 Å². The predicted octanol–water partition coefficient (Wildman–Crippen LogP) is 1.58. The lowest BCUT2D eigenvalue weighted by molar-refractivity contribution is -0.129. The predicted molar refractivity (Wildman–Crippen MR) is 115 cm³/mol. The molecule has 0 radical (unpaired) electrons. The topological polar surface area (TPSA) is 65.1 Å². The molecule has 0 saturated carbocycles. The van der Waals surface area contributed by atoms with E-state index in [2.05, 4.69) is 15.1 Å². The van der Waals surface area contributed by atoms with Gasteiger partial charge in [0.05, 0.1) is 6.04 Å². The number of cyclic esters (lactones) is 1. The van der Waals surface area contributed by atoms with Crippen LogP contribution in [-0.2, 0) is 16.0 Å². The molecule has 0 spiro atoms. The van der Waals surface area contributed by atoms with E-state index in [1.807, 2.05) is 30.3 Å². The van der Waals surface area contributed by atoms with Crippen molar-refractivity contribution in [1.82, 2.24) is 20.0 Å². The number of amides is 2. The molecule has 3 fully saturated rings. The Morgan fingerprint density at radius 1 is 1.03 bits per heavy atom. The molecule has 7 nitrogen and oxygen atoms in total. The van der Waals surface area contributed by atoms with E-state index >= 15 is 0 Å². The number of likely N-dealkylation sites (tertiary alicyclic amines) is 1. The molecule has 1 aromatic rings. The van der Waals surface area contributed by atoms with Gasteiger partial charge in [-0.1, -0.05) is 30.3 Å². The molecule has 1 N–H and O–H groups in total. The van der Waals surface area contributed by atoms with Crippen LogP contribution >= 0.6 is 0 Å². The fourth-order valence-electron chi connectivity index (χ4n) is 4.83. The first-order chi connectivity index (χ1) is 14.7. The summed E-state index contributed by atoms with van der Waals surface area (Å²) in [5.74, 6) is 0.653. The van der Waals surface area contributed by atoms with Crippen molar-refractivity contribution in [2.45, 2.75) is 31.7 Å². The minimum atomic E-state index is -0.490. The fourth-order valence-corrected chi connectivity index (χ4v) is 4.83. The molecular formula is C23H34N4O3. The standard InChI is InChI=1S/C23H34N4O3/c28-22(27-21(18-30-23(27)29)16-19-4-2-1-3-5-19)8-13-25-11-6-20(7-12-25)17-26-14-9-24-10-15-26/h1-5,20-21,24H,6-18H2. The molecular weight excluding hydrogens is 380 g/mol. The summed E-state index contributed by atoms with van der Waals surface area (Å²) in [7, 11) is 0. The van der Waals surface area contributed by atoms with Gasteiger partial charge in [-0.3, -0.25) is 4.79 Å². The number of nitrogens with zero attached hydrogens (tertiary/aromatic N) is 3. The lowest BCUT2D eigenvalue weighted by Gasteiger charge is -2.36. The van der Waals surface area contributed by atoms with E-state index in [1.165, 1.54) is 24.3 Å². The third kappa shape index (κ3) is 5.59. The summed E-state index contributed by atoms with van der Waals surface area (Å²) in [6, 6.07) is 9.77. The highest BCUT2D eigenvalue weighted by Gasteiger charge is 2.37. The number of carbonyl (C=O) groups is 2. The van der Waals surface area contributed by atoms with Crippen LogP contribution in [0.15, 0.2) is 30.3 Å². The first-order valence-electron chi connectivity index (χ1n) is 11.4. The first kappa shape index (κ1) is 21.3. The Morgan fingerprint density at radius 2 is 1.77 bits per heavy atom. The van der Waals surface area contributed by atoms with Gasteiger partial charge in [0.15, 0.2) is 0 Å². The number of hydrogen-bond acceptors (Lipinski definition) is 6. The number of nitrogens with one attached hydrogen (secondary N) is 1. The molecule has 164 valence electrons. The highest BCUT2D eigenvalue weighted by Crippen LogP contribution is 2.21. The van der Waals surface area contributed by atoms with Crippen LogP contribution in [0, 0.1) is 5.92 Å². The number of ether oxygens (including phenoxy) is 1. The van der Waals surface area contributed by atoms with Crippen LogP contribution in [-0.4, -0.2) is 91.7 Å². The SMILES string of the molecule is O=C(CCN1CCC(CN2CCNCC2)CC1)N1C(=O)OCC1Cc1ccccc1. The summed E-state index contributed by atoms with van der Waals surface area (Å²) in [5.41, 5.74) is 1.12. The zero-order valence-corrected chi connectivity index (χ0v) is 17.8. The van der Waals surface area contributed by atoms with E-state index in [0.717, 1.165) is 57.3 Å². The molecule has 3 aliphatic heterocycles. The molecule has 1 aromatic carbocycles. The van der Waals surface area contributed by atoms with Crippen molar-refractivity contribution >= 4 is 12.0 Å². The zero-order chi connectivity index (χ0) is 20.8. The molecule has 1 atom stereocenters. The van der Waals surface area contributed by atoms with Gasteiger partial charge in [-0.25, -0.2) is 9.69 Å². The monoisotopic (exact) mass is 414 g/mol. The second kappa shape index (κ2) is 10.4. The highest BCUT2D eigenvalue weighted by atomic mass is 16.6. The maximum absolute atomic E-state index is 12.8. The van der Waals surface area contributed by atoms with Crippen LogP contribution in [0.1, 0.15) is 24.8 Å². The van der Waals surface area contributed by atoms with Crippen LogP contribution in [0.5, 0.6) is 0 Å². The van der Waals surface area contributed by atoms with Gasteiger partial charge in [-0.05, 0) is 43.8 Å². The number of benzene rings is 1. The lowest BCUT2D eigenvalue weighted by atomic mass is 9.96. The minimum absolute atomic E-state index is 0.110. The molecule has 3 heterocycles. The lowest BCUT2D eigenvalue weighted by Crippen LogP contribution is -2.47. The Labute approximate surface area is 179 Å². The highest BCUT2D eigenvalue weighted by molar-refractivity contribution is 5.93. The summed E-state index contributed by atoms with van der Waals surface area (Å²) < 4.78 is 5.19. The Morgan fingerprint density at radius 3 is 2.50 bits per heavy atom. The molecule has 7 heteroatoms. The number of piperidine rings is 1.